The van der Waals surface area contributed by atoms with Gasteiger partial charge in [-0.05, 0) is 37.6 Å². The second kappa shape index (κ2) is 9.70. The van der Waals surface area contributed by atoms with Crippen molar-refractivity contribution in [2.45, 2.75) is 38.7 Å². The molecule has 0 saturated carbocycles. The molecule has 11 heteroatoms. The minimum absolute atomic E-state index is 0.0191. The van der Waals surface area contributed by atoms with E-state index in [-0.39, 0.29) is 25.5 Å². The molecule has 0 unspecified atom stereocenters. The van der Waals surface area contributed by atoms with Crippen LogP contribution >= 0.6 is 0 Å². The van der Waals surface area contributed by atoms with Gasteiger partial charge in [0, 0.05) is 30.3 Å². The number of benzene rings is 2. The number of carbonyl (C=O) groups is 1. The van der Waals surface area contributed by atoms with Crippen LogP contribution in [0.15, 0.2) is 59.4 Å². The number of nitrogens with zero attached hydrogens (tertiary/aromatic N) is 2. The Bertz CT molecular complexity index is 1200. The molecule has 0 spiro atoms. The number of hydrogen-bond acceptors (Lipinski definition) is 3. The van der Waals surface area contributed by atoms with E-state index in [0.717, 1.165) is 15.8 Å². The topological polar surface area (TPSA) is 64.0 Å². The van der Waals surface area contributed by atoms with Crippen LogP contribution < -0.4 is 10.9 Å². The highest BCUT2D eigenvalue weighted by Crippen LogP contribution is 2.37. The Hall–Kier alpha value is -3.63. The number of nitrogens with one attached hydrogen (secondary N) is 1. The lowest BCUT2D eigenvalue weighted by molar-refractivity contribution is -0.143. The molecule has 0 aliphatic heterocycles. The lowest BCUT2D eigenvalue weighted by Crippen LogP contribution is -2.23. The molecule has 0 fully saturated rings. The number of halogens is 6. The Morgan fingerprint density at radius 2 is 1.50 bits per heavy atom. The first-order valence-electron chi connectivity index (χ1n) is 10.1. The number of carbonyl (C=O) groups excluding carboxylic acids is 1. The molecule has 0 aliphatic rings. The quantitative estimate of drug-likeness (QED) is 0.459. The van der Waals surface area contributed by atoms with Crippen molar-refractivity contribution in [1.82, 2.24) is 9.78 Å². The summed E-state index contributed by atoms with van der Waals surface area (Å²) < 4.78 is 78.9. The molecule has 0 bridgehead atoms. The van der Waals surface area contributed by atoms with Crippen molar-refractivity contribution in [3.63, 3.8) is 0 Å². The number of amides is 1. The van der Waals surface area contributed by atoms with Crippen molar-refractivity contribution in [3.8, 4) is 11.3 Å². The molecule has 34 heavy (non-hydrogen) atoms. The molecule has 5 nitrogen and oxygen atoms in total. The Morgan fingerprint density at radius 1 is 0.912 bits per heavy atom. The summed E-state index contributed by atoms with van der Waals surface area (Å²) in [4.78, 5) is 24.2. The molecule has 0 saturated heterocycles. The fourth-order valence-corrected chi connectivity index (χ4v) is 3.13. The number of anilines is 1. The van der Waals surface area contributed by atoms with Crippen LogP contribution in [0.3, 0.4) is 0 Å². The molecule has 1 heterocycles. The van der Waals surface area contributed by atoms with E-state index in [4.69, 9.17) is 0 Å². The lowest BCUT2D eigenvalue weighted by Gasteiger charge is -2.15. The van der Waals surface area contributed by atoms with Gasteiger partial charge in [-0.3, -0.25) is 9.59 Å². The molecule has 1 amide bonds. The van der Waals surface area contributed by atoms with Crippen LogP contribution in [0.25, 0.3) is 11.3 Å². The zero-order valence-corrected chi connectivity index (χ0v) is 17.8. The lowest BCUT2D eigenvalue weighted by atomic mass is 10.1. The summed E-state index contributed by atoms with van der Waals surface area (Å²) in [6.45, 7) is 1.95. The molecule has 180 valence electrons. The first kappa shape index (κ1) is 25.0. The summed E-state index contributed by atoms with van der Waals surface area (Å²) in [5, 5.41) is 6.32. The third-order valence-electron chi connectivity index (χ3n) is 4.86. The molecule has 1 aromatic heterocycles. The van der Waals surface area contributed by atoms with Crippen LogP contribution in [-0.4, -0.2) is 15.7 Å². The van der Waals surface area contributed by atoms with E-state index < -0.39 is 40.6 Å². The zero-order valence-electron chi connectivity index (χ0n) is 17.8. The molecule has 0 atom stereocenters. The van der Waals surface area contributed by atoms with Gasteiger partial charge in [-0.15, -0.1) is 0 Å². The average molecular weight is 483 g/mol. The van der Waals surface area contributed by atoms with Crippen molar-refractivity contribution in [1.29, 1.82) is 0 Å². The van der Waals surface area contributed by atoms with Crippen LogP contribution in [0.4, 0.5) is 32.0 Å². The molecule has 0 radical (unpaired) electrons. The highest BCUT2D eigenvalue weighted by molar-refractivity contribution is 5.90. The predicted molar refractivity (Wildman–Crippen MR) is 113 cm³/mol. The second-order valence-corrected chi connectivity index (χ2v) is 7.59. The maximum atomic E-state index is 13.0. The smallest absolute Gasteiger partial charge is 0.326 e. The van der Waals surface area contributed by atoms with E-state index in [1.54, 1.807) is 6.07 Å². The monoisotopic (exact) mass is 483 g/mol. The van der Waals surface area contributed by atoms with Crippen LogP contribution in [0.1, 0.15) is 29.5 Å². The van der Waals surface area contributed by atoms with Crippen molar-refractivity contribution in [2.24, 2.45) is 0 Å². The standard InChI is InChI=1S/C23H19F6N3O2/c1-14-4-6-15(7-5-14)19-8-9-21(34)32(31-19)10-2-3-20(33)30-18-12-16(22(24,25)26)11-17(13-18)23(27,28)29/h4-9,11-13H,2-3,10H2,1H3,(H,30,33). The Kier molecular flexibility index (Phi) is 7.13. The summed E-state index contributed by atoms with van der Waals surface area (Å²) in [5.74, 6) is -0.796. The summed E-state index contributed by atoms with van der Waals surface area (Å²) in [6, 6.07) is 11.2. The summed E-state index contributed by atoms with van der Waals surface area (Å²) in [6.07, 6.45) is -10.2. The summed E-state index contributed by atoms with van der Waals surface area (Å²) in [5.41, 5.74) is -1.73. The maximum absolute atomic E-state index is 13.0. The van der Waals surface area contributed by atoms with Gasteiger partial charge in [-0.25, -0.2) is 4.68 Å². The van der Waals surface area contributed by atoms with Crippen LogP contribution in [0, 0.1) is 6.92 Å². The Morgan fingerprint density at radius 3 is 2.06 bits per heavy atom. The SMILES string of the molecule is Cc1ccc(-c2ccc(=O)n(CCCC(=O)Nc3cc(C(F)(F)F)cc(C(F)(F)F)c3)n2)cc1. The number of aromatic nitrogens is 2. The van der Waals surface area contributed by atoms with Gasteiger partial charge in [0.2, 0.25) is 5.91 Å². The first-order valence-corrected chi connectivity index (χ1v) is 10.1. The van der Waals surface area contributed by atoms with E-state index >= 15 is 0 Å². The van der Waals surface area contributed by atoms with Gasteiger partial charge >= 0.3 is 12.4 Å². The third kappa shape index (κ3) is 6.46. The summed E-state index contributed by atoms with van der Waals surface area (Å²) >= 11 is 0. The van der Waals surface area contributed by atoms with E-state index in [1.807, 2.05) is 31.2 Å². The number of hydrogen-bond donors (Lipinski definition) is 1. The minimum Gasteiger partial charge on any atom is -0.326 e. The van der Waals surface area contributed by atoms with Gasteiger partial charge in [0.25, 0.3) is 5.56 Å². The molecule has 2 aromatic carbocycles. The molecular weight excluding hydrogens is 464 g/mol. The minimum atomic E-state index is -5.02. The highest BCUT2D eigenvalue weighted by atomic mass is 19.4. The third-order valence-corrected chi connectivity index (χ3v) is 4.86. The number of rotatable bonds is 6. The van der Waals surface area contributed by atoms with Crippen molar-refractivity contribution in [3.05, 3.63) is 81.6 Å². The van der Waals surface area contributed by atoms with Crippen LogP contribution in [0.5, 0.6) is 0 Å². The fraction of sp³-hybridized carbons (Fsp3) is 0.261. The Labute approximate surface area is 190 Å². The number of alkyl halides is 6. The van der Waals surface area contributed by atoms with Crippen molar-refractivity contribution < 1.29 is 31.1 Å². The maximum Gasteiger partial charge on any atom is 0.416 e. The van der Waals surface area contributed by atoms with Gasteiger partial charge in [0.1, 0.15) is 0 Å². The average Bonchev–Trinajstić information content (AvgIpc) is 2.74. The Balaban J connectivity index is 1.68. The van der Waals surface area contributed by atoms with Crippen LogP contribution in [0.2, 0.25) is 0 Å². The van der Waals surface area contributed by atoms with Gasteiger partial charge in [0.05, 0.1) is 16.8 Å². The number of aryl methyl sites for hydroxylation is 2. The predicted octanol–water partition coefficient (Wildman–Crippen LogP) is 5.68. The van der Waals surface area contributed by atoms with Crippen molar-refractivity contribution >= 4 is 11.6 Å². The van der Waals surface area contributed by atoms with E-state index in [1.165, 1.54) is 6.07 Å². The molecule has 3 rings (SSSR count). The highest BCUT2D eigenvalue weighted by Gasteiger charge is 2.37. The van der Waals surface area contributed by atoms with E-state index in [0.29, 0.717) is 17.8 Å². The molecular formula is C23H19F6N3O2. The molecule has 1 N–H and O–H groups in total. The van der Waals surface area contributed by atoms with E-state index in [9.17, 15) is 35.9 Å². The van der Waals surface area contributed by atoms with Gasteiger partial charge in [0.15, 0.2) is 0 Å². The van der Waals surface area contributed by atoms with Gasteiger partial charge < -0.3 is 5.32 Å². The second-order valence-electron chi connectivity index (χ2n) is 7.59. The van der Waals surface area contributed by atoms with Gasteiger partial charge in [-0.1, -0.05) is 29.8 Å². The molecule has 3 aromatic rings. The van der Waals surface area contributed by atoms with E-state index in [2.05, 4.69) is 10.4 Å². The largest absolute Gasteiger partial charge is 0.416 e. The zero-order chi connectivity index (χ0) is 25.1. The van der Waals surface area contributed by atoms with Crippen LogP contribution in [-0.2, 0) is 23.7 Å². The normalized spacial score (nSPS) is 12.0. The fourth-order valence-electron chi connectivity index (χ4n) is 3.13. The van der Waals surface area contributed by atoms with Gasteiger partial charge in [-0.2, -0.15) is 31.4 Å². The summed E-state index contributed by atoms with van der Waals surface area (Å²) in [7, 11) is 0. The molecule has 0 aliphatic carbocycles. The van der Waals surface area contributed by atoms with Crippen molar-refractivity contribution in [2.75, 3.05) is 5.32 Å². The first-order chi connectivity index (χ1) is 15.8.